The van der Waals surface area contributed by atoms with Crippen molar-refractivity contribution in [3.05, 3.63) is 83.2 Å². The summed E-state index contributed by atoms with van der Waals surface area (Å²) in [7, 11) is 1.40. The average Bonchev–Trinajstić information content (AvgIpc) is 3.04. The number of hydrogen-bond donors (Lipinski definition) is 0. The van der Waals surface area contributed by atoms with E-state index in [1.54, 1.807) is 24.5 Å². The maximum atomic E-state index is 13.4. The smallest absolute Gasteiger partial charge is 0.387 e. The molecule has 3 heterocycles. The highest BCUT2D eigenvalue weighted by atomic mass is 19.3. The molecule has 44 heavy (non-hydrogen) atoms. The first-order valence-electron chi connectivity index (χ1n) is 14.8. The number of alkyl halides is 2. The molecule has 6 rings (SSSR count). The second-order valence-electron chi connectivity index (χ2n) is 11.2. The lowest BCUT2D eigenvalue weighted by atomic mass is 9.74. The van der Waals surface area contributed by atoms with Crippen molar-refractivity contribution in [3.63, 3.8) is 0 Å². The van der Waals surface area contributed by atoms with Crippen molar-refractivity contribution in [2.45, 2.75) is 50.9 Å². The van der Waals surface area contributed by atoms with Gasteiger partial charge in [-0.15, -0.1) is 0 Å². The van der Waals surface area contributed by atoms with Gasteiger partial charge in [-0.3, -0.25) is 19.6 Å². The van der Waals surface area contributed by atoms with Crippen molar-refractivity contribution < 1.29 is 32.6 Å². The van der Waals surface area contributed by atoms with Crippen LogP contribution in [0, 0.1) is 0 Å². The molecule has 1 saturated heterocycles. The minimum atomic E-state index is -3.02. The van der Waals surface area contributed by atoms with E-state index in [1.165, 1.54) is 14.0 Å². The number of amides is 1. The Hall–Kier alpha value is -4.54. The molecule has 2 aromatic carbocycles. The molecular formula is C33H34F2N4O5. The van der Waals surface area contributed by atoms with Gasteiger partial charge in [0.05, 0.1) is 18.9 Å². The Labute approximate surface area is 254 Å². The van der Waals surface area contributed by atoms with Gasteiger partial charge in [-0.25, -0.2) is 0 Å². The largest absolute Gasteiger partial charge is 0.493 e. The van der Waals surface area contributed by atoms with E-state index in [2.05, 4.69) is 9.88 Å². The summed E-state index contributed by atoms with van der Waals surface area (Å²) in [5, 5.41) is 0. The van der Waals surface area contributed by atoms with Crippen molar-refractivity contribution in [3.8, 4) is 11.5 Å². The number of ether oxygens (including phenoxy) is 3. The van der Waals surface area contributed by atoms with Crippen LogP contribution in [0.3, 0.4) is 0 Å². The van der Waals surface area contributed by atoms with E-state index in [-0.39, 0.29) is 41.4 Å². The predicted molar refractivity (Wildman–Crippen MR) is 160 cm³/mol. The summed E-state index contributed by atoms with van der Waals surface area (Å²) in [5.41, 5.74) is 4.70. The van der Waals surface area contributed by atoms with Gasteiger partial charge in [0.25, 0.3) is 5.91 Å². The summed E-state index contributed by atoms with van der Waals surface area (Å²) in [6.45, 7) is 1.07. The fraction of sp³-hybridized carbons (Fsp3) is 0.394. The third-order valence-electron chi connectivity index (χ3n) is 8.60. The molecule has 1 aliphatic carbocycles. The molecule has 0 spiro atoms. The van der Waals surface area contributed by atoms with Crippen molar-refractivity contribution in [2.24, 2.45) is 4.99 Å². The molecule has 0 N–H and O–H groups in total. The zero-order valence-corrected chi connectivity index (χ0v) is 24.6. The van der Waals surface area contributed by atoms with Gasteiger partial charge in [-0.1, -0.05) is 12.1 Å². The van der Waals surface area contributed by atoms with Gasteiger partial charge in [0.1, 0.15) is 6.10 Å². The molecule has 3 atom stereocenters. The number of hydrogen-bond acceptors (Lipinski definition) is 8. The van der Waals surface area contributed by atoms with Crippen LogP contribution in [0.25, 0.3) is 0 Å². The minimum absolute atomic E-state index is 0.0313. The molecule has 11 heteroatoms. The Bertz CT molecular complexity index is 1540. The first kappa shape index (κ1) is 29.5. The van der Waals surface area contributed by atoms with Crippen LogP contribution in [0.2, 0.25) is 0 Å². The Kier molecular flexibility index (Phi) is 8.45. The number of nitrogens with zero attached hydrogens (tertiary/aromatic N) is 4. The first-order valence-corrected chi connectivity index (χ1v) is 14.8. The molecule has 0 bridgehead atoms. The fourth-order valence-electron chi connectivity index (χ4n) is 6.52. The van der Waals surface area contributed by atoms with Gasteiger partial charge >= 0.3 is 12.6 Å². The number of pyridine rings is 1. The quantitative estimate of drug-likeness (QED) is 0.348. The molecule has 3 aromatic rings. The van der Waals surface area contributed by atoms with Crippen LogP contribution >= 0.6 is 0 Å². The molecule has 2 aliphatic heterocycles. The number of methoxy groups -OCH3 is 1. The van der Waals surface area contributed by atoms with Crippen molar-refractivity contribution in [1.29, 1.82) is 0 Å². The summed E-state index contributed by atoms with van der Waals surface area (Å²) >= 11 is 0. The highest BCUT2D eigenvalue weighted by Crippen LogP contribution is 2.45. The second kappa shape index (κ2) is 12.6. The van der Waals surface area contributed by atoms with Crippen LogP contribution in [0.4, 0.5) is 14.5 Å². The number of piperazine rings is 1. The number of esters is 1. The Morgan fingerprint density at radius 1 is 0.955 bits per heavy atom. The van der Waals surface area contributed by atoms with Crippen LogP contribution in [0.5, 0.6) is 11.5 Å². The molecule has 9 nitrogen and oxygen atoms in total. The number of rotatable bonds is 7. The number of aromatic nitrogens is 1. The van der Waals surface area contributed by atoms with Crippen LogP contribution in [-0.4, -0.2) is 79.5 Å². The number of benzene rings is 2. The van der Waals surface area contributed by atoms with Crippen molar-refractivity contribution in [2.75, 3.05) is 38.2 Å². The van der Waals surface area contributed by atoms with Crippen LogP contribution in [0.15, 0.2) is 65.9 Å². The third kappa shape index (κ3) is 6.09. The Morgan fingerprint density at radius 2 is 1.68 bits per heavy atom. The summed E-state index contributed by atoms with van der Waals surface area (Å²) in [4.78, 5) is 38.3. The lowest BCUT2D eigenvalue weighted by Gasteiger charge is -2.38. The van der Waals surface area contributed by atoms with Gasteiger partial charge in [0.2, 0.25) is 0 Å². The summed E-state index contributed by atoms with van der Waals surface area (Å²) in [6.07, 6.45) is 5.11. The van der Waals surface area contributed by atoms with E-state index in [4.69, 9.17) is 19.2 Å². The molecular weight excluding hydrogens is 570 g/mol. The topological polar surface area (TPSA) is 93.6 Å². The predicted octanol–water partition coefficient (Wildman–Crippen LogP) is 5.07. The zero-order valence-electron chi connectivity index (χ0n) is 24.6. The van der Waals surface area contributed by atoms with E-state index in [1.807, 2.05) is 41.3 Å². The van der Waals surface area contributed by atoms with E-state index in [0.29, 0.717) is 43.6 Å². The molecule has 1 aromatic heterocycles. The molecule has 3 aliphatic rings. The monoisotopic (exact) mass is 604 g/mol. The highest BCUT2D eigenvalue weighted by molar-refractivity contribution is 6.15. The summed E-state index contributed by atoms with van der Waals surface area (Å²) < 4.78 is 42.3. The van der Waals surface area contributed by atoms with Gasteiger partial charge in [0.15, 0.2) is 11.5 Å². The molecule has 3 unspecified atom stereocenters. The fourth-order valence-corrected chi connectivity index (χ4v) is 6.52. The SMILES string of the molecule is COc1cc2c(cc1OC(F)F)C1CC(OC(C)=O)CCC1N=C2c1ccc(C(=O)N2CCN(c3ccncc3)CC2)cc1. The Morgan fingerprint density at radius 3 is 2.34 bits per heavy atom. The highest BCUT2D eigenvalue weighted by Gasteiger charge is 2.39. The zero-order chi connectivity index (χ0) is 30.8. The molecule has 2 fully saturated rings. The van der Waals surface area contributed by atoms with Crippen LogP contribution in [-0.2, 0) is 9.53 Å². The maximum Gasteiger partial charge on any atom is 0.387 e. The first-order chi connectivity index (χ1) is 21.3. The van der Waals surface area contributed by atoms with Crippen LogP contribution < -0.4 is 14.4 Å². The second-order valence-corrected chi connectivity index (χ2v) is 11.2. The number of fused-ring (bicyclic) bond motifs is 3. The van der Waals surface area contributed by atoms with Gasteiger partial charge < -0.3 is 24.0 Å². The van der Waals surface area contributed by atoms with E-state index < -0.39 is 6.61 Å². The molecule has 1 saturated carbocycles. The molecule has 0 radical (unpaired) electrons. The Balaban J connectivity index is 1.25. The number of anilines is 1. The standard InChI is InChI=1S/C33H34F2N4O5/c1-20(40)43-24-7-8-28-26(17-24)25-18-30(44-33(34)35)29(42-2)19-27(25)31(37-28)21-3-5-22(6-4-21)32(41)39-15-13-38(14-16-39)23-9-11-36-12-10-23/h3-6,9-12,18-19,24,26,28,33H,7-8,13-17H2,1-2H3. The number of carbonyl (C=O) groups excluding carboxylic acids is 2. The average molecular weight is 605 g/mol. The van der Waals surface area contributed by atoms with E-state index in [9.17, 15) is 18.4 Å². The maximum absolute atomic E-state index is 13.4. The minimum Gasteiger partial charge on any atom is -0.493 e. The molecule has 230 valence electrons. The van der Waals surface area contributed by atoms with Crippen LogP contribution in [0.1, 0.15) is 59.2 Å². The van der Waals surface area contributed by atoms with Gasteiger partial charge in [-0.05, 0) is 61.2 Å². The lowest BCUT2D eigenvalue weighted by Crippen LogP contribution is -2.48. The van der Waals surface area contributed by atoms with Crippen molar-refractivity contribution in [1.82, 2.24) is 9.88 Å². The summed E-state index contributed by atoms with van der Waals surface area (Å²) in [5.74, 6) is -0.419. The normalized spacial score (nSPS) is 21.2. The van der Waals surface area contributed by atoms with E-state index >= 15 is 0 Å². The van der Waals surface area contributed by atoms with Crippen molar-refractivity contribution >= 4 is 23.3 Å². The lowest BCUT2D eigenvalue weighted by molar-refractivity contribution is -0.148. The number of carbonyl (C=O) groups is 2. The van der Waals surface area contributed by atoms with E-state index in [0.717, 1.165) is 35.5 Å². The van der Waals surface area contributed by atoms with Gasteiger partial charge in [0, 0.05) is 73.8 Å². The third-order valence-corrected chi connectivity index (χ3v) is 8.60. The summed E-state index contributed by atoms with van der Waals surface area (Å²) in [6, 6.07) is 14.5. The molecule has 1 amide bonds. The van der Waals surface area contributed by atoms with Gasteiger partial charge in [-0.2, -0.15) is 8.78 Å². The number of halogens is 2. The number of aliphatic imine (C=N–C) groups is 1.